The molecule has 2 aromatic carbocycles. The Labute approximate surface area is 139 Å². The summed E-state index contributed by atoms with van der Waals surface area (Å²) in [5.74, 6) is -0.994. The van der Waals surface area contributed by atoms with Gasteiger partial charge in [0, 0.05) is 30.8 Å². The highest BCUT2D eigenvalue weighted by Crippen LogP contribution is 2.15. The van der Waals surface area contributed by atoms with E-state index in [9.17, 15) is 14.0 Å². The first-order valence-electron chi connectivity index (χ1n) is 7.53. The van der Waals surface area contributed by atoms with Crippen LogP contribution in [-0.2, 0) is 16.1 Å². The average Bonchev–Trinajstić information content (AvgIpc) is 2.61. The molecule has 24 heavy (non-hydrogen) atoms. The quantitative estimate of drug-likeness (QED) is 0.766. The van der Waals surface area contributed by atoms with E-state index in [0.717, 1.165) is 0 Å². The maximum Gasteiger partial charge on any atom is 0.339 e. The van der Waals surface area contributed by atoms with Crippen molar-refractivity contribution in [3.05, 3.63) is 65.5 Å². The molecule has 0 saturated carbocycles. The first-order valence-corrected chi connectivity index (χ1v) is 7.53. The molecule has 2 rings (SSSR count). The number of carbonyl (C=O) groups excluding carboxylic acids is 2. The fourth-order valence-electron chi connectivity index (χ4n) is 2.16. The van der Waals surface area contributed by atoms with Crippen molar-refractivity contribution in [2.45, 2.75) is 13.0 Å². The minimum Gasteiger partial charge on any atom is -0.465 e. The Kier molecular flexibility index (Phi) is 6.31. The summed E-state index contributed by atoms with van der Waals surface area (Å²) in [7, 11) is 1.31. The Morgan fingerprint density at radius 3 is 2.54 bits per heavy atom. The van der Waals surface area contributed by atoms with Crippen molar-refractivity contribution in [2.75, 3.05) is 19.0 Å². The van der Waals surface area contributed by atoms with Crippen LogP contribution in [0.25, 0.3) is 0 Å². The van der Waals surface area contributed by atoms with Crippen LogP contribution in [0.5, 0.6) is 0 Å². The topological polar surface area (TPSA) is 67.4 Å². The van der Waals surface area contributed by atoms with E-state index >= 15 is 0 Å². The van der Waals surface area contributed by atoms with Crippen LogP contribution in [0, 0.1) is 5.82 Å². The smallest absolute Gasteiger partial charge is 0.339 e. The Bertz CT molecular complexity index is 719. The molecule has 0 radical (unpaired) electrons. The fourth-order valence-corrected chi connectivity index (χ4v) is 2.16. The molecule has 6 heteroatoms. The molecule has 2 aromatic rings. The number of nitrogens with one attached hydrogen (secondary N) is 2. The highest BCUT2D eigenvalue weighted by atomic mass is 19.1. The molecule has 126 valence electrons. The number of para-hydroxylation sites is 1. The Balaban J connectivity index is 1.81. The second-order valence-corrected chi connectivity index (χ2v) is 5.08. The van der Waals surface area contributed by atoms with Gasteiger partial charge in [-0.15, -0.1) is 0 Å². The summed E-state index contributed by atoms with van der Waals surface area (Å²) >= 11 is 0. The number of carbonyl (C=O) groups is 2. The van der Waals surface area contributed by atoms with E-state index in [-0.39, 0.29) is 24.7 Å². The molecule has 0 saturated heterocycles. The first kappa shape index (κ1) is 17.5. The van der Waals surface area contributed by atoms with Gasteiger partial charge in [0.2, 0.25) is 5.91 Å². The van der Waals surface area contributed by atoms with Gasteiger partial charge in [-0.2, -0.15) is 0 Å². The minimum atomic E-state index is -0.442. The number of ether oxygens (including phenoxy) is 1. The zero-order valence-corrected chi connectivity index (χ0v) is 13.3. The van der Waals surface area contributed by atoms with Gasteiger partial charge in [-0.3, -0.25) is 4.79 Å². The van der Waals surface area contributed by atoms with E-state index in [1.165, 1.54) is 13.2 Å². The summed E-state index contributed by atoms with van der Waals surface area (Å²) in [6, 6.07) is 13.2. The van der Waals surface area contributed by atoms with Gasteiger partial charge >= 0.3 is 5.97 Å². The monoisotopic (exact) mass is 330 g/mol. The summed E-state index contributed by atoms with van der Waals surface area (Å²) in [5, 5.41) is 5.70. The zero-order valence-electron chi connectivity index (χ0n) is 13.3. The molecular weight excluding hydrogens is 311 g/mol. The van der Waals surface area contributed by atoms with Gasteiger partial charge in [0.25, 0.3) is 0 Å². The third-order valence-corrected chi connectivity index (χ3v) is 3.43. The van der Waals surface area contributed by atoms with Crippen molar-refractivity contribution >= 4 is 17.6 Å². The molecule has 0 fully saturated rings. The summed E-state index contributed by atoms with van der Waals surface area (Å²) in [6.07, 6.45) is 0.198. The second-order valence-electron chi connectivity index (χ2n) is 5.08. The molecular formula is C18H19FN2O3. The third kappa shape index (κ3) is 4.81. The average molecular weight is 330 g/mol. The Hall–Kier alpha value is -2.89. The lowest BCUT2D eigenvalue weighted by Gasteiger charge is -2.11. The molecule has 0 aliphatic heterocycles. The minimum absolute atomic E-state index is 0.143. The van der Waals surface area contributed by atoms with Crippen molar-refractivity contribution in [3.8, 4) is 0 Å². The SMILES string of the molecule is COC(=O)c1ccccc1NCCC(=O)NCc1ccccc1F. The Morgan fingerprint density at radius 1 is 1.08 bits per heavy atom. The van der Waals surface area contributed by atoms with Crippen LogP contribution in [-0.4, -0.2) is 25.5 Å². The lowest BCUT2D eigenvalue weighted by atomic mass is 10.1. The summed E-state index contributed by atoms with van der Waals surface area (Å²) < 4.78 is 18.2. The number of methoxy groups -OCH3 is 1. The summed E-state index contributed by atoms with van der Waals surface area (Å²) in [6.45, 7) is 0.487. The fraction of sp³-hybridized carbons (Fsp3) is 0.222. The molecule has 2 N–H and O–H groups in total. The van der Waals surface area contributed by atoms with E-state index in [0.29, 0.717) is 23.4 Å². The van der Waals surface area contributed by atoms with Gasteiger partial charge in [0.1, 0.15) is 5.82 Å². The molecule has 0 aliphatic carbocycles. The number of anilines is 1. The van der Waals surface area contributed by atoms with E-state index in [2.05, 4.69) is 10.6 Å². The predicted molar refractivity (Wildman–Crippen MR) is 89.1 cm³/mol. The van der Waals surface area contributed by atoms with Gasteiger partial charge in [0.05, 0.1) is 12.7 Å². The number of amides is 1. The molecule has 0 bridgehead atoms. The van der Waals surface area contributed by atoms with Crippen LogP contribution in [0.2, 0.25) is 0 Å². The Morgan fingerprint density at radius 2 is 1.79 bits per heavy atom. The number of benzene rings is 2. The van der Waals surface area contributed by atoms with Gasteiger partial charge in [0.15, 0.2) is 0 Å². The molecule has 5 nitrogen and oxygen atoms in total. The second kappa shape index (κ2) is 8.67. The zero-order chi connectivity index (χ0) is 17.4. The number of esters is 1. The van der Waals surface area contributed by atoms with Crippen molar-refractivity contribution < 1.29 is 18.7 Å². The number of hydrogen-bond acceptors (Lipinski definition) is 4. The van der Waals surface area contributed by atoms with Gasteiger partial charge in [-0.1, -0.05) is 30.3 Å². The van der Waals surface area contributed by atoms with Crippen LogP contribution in [0.3, 0.4) is 0 Å². The summed E-state index contributed by atoms with van der Waals surface area (Å²) in [5.41, 5.74) is 1.45. The molecule has 0 aromatic heterocycles. The van der Waals surface area contributed by atoms with E-state index in [1.807, 2.05) is 0 Å². The highest BCUT2D eigenvalue weighted by molar-refractivity contribution is 5.95. The van der Waals surface area contributed by atoms with Crippen molar-refractivity contribution in [1.82, 2.24) is 5.32 Å². The van der Waals surface area contributed by atoms with E-state index in [1.54, 1.807) is 42.5 Å². The number of halogens is 1. The maximum absolute atomic E-state index is 13.5. The van der Waals surface area contributed by atoms with E-state index in [4.69, 9.17) is 4.74 Å². The largest absolute Gasteiger partial charge is 0.465 e. The first-order chi connectivity index (χ1) is 11.6. The maximum atomic E-state index is 13.5. The van der Waals surface area contributed by atoms with Crippen LogP contribution in [0.1, 0.15) is 22.3 Å². The molecule has 0 unspecified atom stereocenters. The van der Waals surface area contributed by atoms with Crippen LogP contribution in [0.15, 0.2) is 48.5 Å². The van der Waals surface area contributed by atoms with Crippen LogP contribution < -0.4 is 10.6 Å². The van der Waals surface area contributed by atoms with Gasteiger partial charge < -0.3 is 15.4 Å². The lowest BCUT2D eigenvalue weighted by molar-refractivity contribution is -0.121. The highest BCUT2D eigenvalue weighted by Gasteiger charge is 2.11. The number of hydrogen-bond donors (Lipinski definition) is 2. The van der Waals surface area contributed by atoms with Crippen LogP contribution in [0.4, 0.5) is 10.1 Å². The third-order valence-electron chi connectivity index (χ3n) is 3.43. The normalized spacial score (nSPS) is 10.1. The molecule has 0 heterocycles. The standard InChI is InChI=1S/C18H19FN2O3/c1-24-18(23)14-7-3-5-9-16(14)20-11-10-17(22)21-12-13-6-2-4-8-15(13)19/h2-9,20H,10-12H2,1H3,(H,21,22). The van der Waals surface area contributed by atoms with E-state index < -0.39 is 5.97 Å². The van der Waals surface area contributed by atoms with Crippen molar-refractivity contribution in [2.24, 2.45) is 0 Å². The number of rotatable bonds is 7. The molecule has 0 spiro atoms. The van der Waals surface area contributed by atoms with Crippen LogP contribution >= 0.6 is 0 Å². The van der Waals surface area contributed by atoms with Crippen molar-refractivity contribution in [1.29, 1.82) is 0 Å². The lowest BCUT2D eigenvalue weighted by Crippen LogP contribution is -2.25. The summed E-state index contributed by atoms with van der Waals surface area (Å²) in [4.78, 5) is 23.5. The predicted octanol–water partition coefficient (Wildman–Crippen LogP) is 2.73. The van der Waals surface area contributed by atoms with Gasteiger partial charge in [-0.25, -0.2) is 9.18 Å². The van der Waals surface area contributed by atoms with Crippen molar-refractivity contribution in [3.63, 3.8) is 0 Å². The molecule has 0 aliphatic rings. The molecule has 1 amide bonds. The van der Waals surface area contributed by atoms with Gasteiger partial charge in [-0.05, 0) is 18.2 Å². The molecule has 0 atom stereocenters.